The van der Waals surface area contributed by atoms with Gasteiger partial charge in [-0.25, -0.2) is 14.4 Å². The van der Waals surface area contributed by atoms with Gasteiger partial charge in [0.2, 0.25) is 0 Å². The van der Waals surface area contributed by atoms with Gasteiger partial charge in [-0.05, 0) is 55.0 Å². The second kappa shape index (κ2) is 7.99. The van der Waals surface area contributed by atoms with Gasteiger partial charge in [0.25, 0.3) is 0 Å². The van der Waals surface area contributed by atoms with Gasteiger partial charge in [-0.3, -0.25) is 4.68 Å². The summed E-state index contributed by atoms with van der Waals surface area (Å²) in [6.07, 6.45) is 12.0. The van der Waals surface area contributed by atoms with Gasteiger partial charge in [-0.2, -0.15) is 5.10 Å². The maximum absolute atomic E-state index is 14.7. The lowest BCUT2D eigenvalue weighted by Gasteiger charge is -2.25. The van der Waals surface area contributed by atoms with Crippen LogP contribution in [0.2, 0.25) is 0 Å². The lowest BCUT2D eigenvalue weighted by atomic mass is 9.81. The Morgan fingerprint density at radius 2 is 1.96 bits per heavy atom. The summed E-state index contributed by atoms with van der Waals surface area (Å²) in [5.74, 6) is 0.800. The van der Waals surface area contributed by atoms with Crippen molar-refractivity contribution in [1.29, 1.82) is 0 Å². The van der Waals surface area contributed by atoms with E-state index in [1.165, 1.54) is 44.1 Å². The summed E-state index contributed by atoms with van der Waals surface area (Å²) in [6.45, 7) is 0. The molecule has 1 aliphatic rings. The van der Waals surface area contributed by atoms with E-state index >= 15 is 0 Å². The molecule has 140 valence electrons. The molecular weight excluding hydrogens is 339 g/mol. The molecule has 2 heterocycles. The Hall–Kier alpha value is -2.56. The lowest BCUT2D eigenvalue weighted by molar-refractivity contribution is 0.379. The Kier molecular flexibility index (Phi) is 5.28. The molecule has 5 heteroatoms. The van der Waals surface area contributed by atoms with Crippen molar-refractivity contribution < 1.29 is 4.39 Å². The second-order valence-corrected chi connectivity index (χ2v) is 7.50. The molecule has 1 saturated carbocycles. The van der Waals surface area contributed by atoms with Crippen LogP contribution in [0, 0.1) is 11.7 Å². The van der Waals surface area contributed by atoms with E-state index in [0.717, 1.165) is 12.0 Å². The largest absolute Gasteiger partial charge is 0.272 e. The zero-order valence-corrected chi connectivity index (χ0v) is 15.7. The third-order valence-electron chi connectivity index (χ3n) is 5.79. The van der Waals surface area contributed by atoms with Crippen molar-refractivity contribution in [2.24, 2.45) is 13.0 Å². The van der Waals surface area contributed by atoms with Gasteiger partial charge in [0, 0.05) is 36.6 Å². The van der Waals surface area contributed by atoms with Crippen LogP contribution in [0.15, 0.2) is 49.1 Å². The first kappa shape index (κ1) is 17.8. The van der Waals surface area contributed by atoms with E-state index in [4.69, 9.17) is 0 Å². The first-order valence-electron chi connectivity index (χ1n) is 9.75. The lowest BCUT2D eigenvalue weighted by Crippen LogP contribution is -2.17. The van der Waals surface area contributed by atoms with Gasteiger partial charge in [0.15, 0.2) is 0 Å². The summed E-state index contributed by atoms with van der Waals surface area (Å²) >= 11 is 0. The molecular formula is C22H25FN4. The fourth-order valence-corrected chi connectivity index (χ4v) is 4.41. The molecule has 0 saturated heterocycles. The van der Waals surface area contributed by atoms with Crippen molar-refractivity contribution >= 4 is 0 Å². The average molecular weight is 364 g/mol. The van der Waals surface area contributed by atoms with Crippen LogP contribution in [0.1, 0.15) is 49.3 Å². The molecule has 2 unspecified atom stereocenters. The van der Waals surface area contributed by atoms with E-state index in [2.05, 4.69) is 21.1 Å². The highest BCUT2D eigenvalue weighted by molar-refractivity contribution is 5.59. The van der Waals surface area contributed by atoms with Crippen molar-refractivity contribution in [3.05, 3.63) is 66.1 Å². The summed E-state index contributed by atoms with van der Waals surface area (Å²) < 4.78 is 16.7. The highest BCUT2D eigenvalue weighted by Gasteiger charge is 2.27. The minimum absolute atomic E-state index is 0.211. The third kappa shape index (κ3) is 3.92. The standard InChI is InChI=1S/C22H25FN4/c1-27-22(10-12-26-27)18-6-4-2-3-5-17(18)13-16-7-8-19(20(23)14-16)21-9-11-24-15-25-21/h7-12,14-15,17-18H,2-6,13H2,1H3. The molecule has 0 spiro atoms. The summed E-state index contributed by atoms with van der Waals surface area (Å²) in [5.41, 5.74) is 3.52. The maximum Gasteiger partial charge on any atom is 0.132 e. The smallest absolute Gasteiger partial charge is 0.132 e. The highest BCUT2D eigenvalue weighted by atomic mass is 19.1. The van der Waals surface area contributed by atoms with Crippen LogP contribution in [0.5, 0.6) is 0 Å². The highest BCUT2D eigenvalue weighted by Crippen LogP contribution is 2.38. The van der Waals surface area contributed by atoms with Gasteiger partial charge in [0.05, 0.1) is 5.69 Å². The van der Waals surface area contributed by atoms with Crippen LogP contribution in [0.4, 0.5) is 4.39 Å². The quantitative estimate of drug-likeness (QED) is 0.617. The molecule has 0 radical (unpaired) electrons. The van der Waals surface area contributed by atoms with Crippen molar-refractivity contribution in [3.63, 3.8) is 0 Å². The molecule has 0 amide bonds. The first-order valence-corrected chi connectivity index (χ1v) is 9.75. The summed E-state index contributed by atoms with van der Waals surface area (Å²) in [5, 5.41) is 4.37. The fourth-order valence-electron chi connectivity index (χ4n) is 4.41. The Balaban J connectivity index is 1.58. The minimum Gasteiger partial charge on any atom is -0.272 e. The van der Waals surface area contributed by atoms with Crippen LogP contribution in [0.3, 0.4) is 0 Å². The summed E-state index contributed by atoms with van der Waals surface area (Å²) in [7, 11) is 2.02. The van der Waals surface area contributed by atoms with E-state index in [-0.39, 0.29) is 5.82 Å². The van der Waals surface area contributed by atoms with Gasteiger partial charge in [-0.15, -0.1) is 0 Å². The second-order valence-electron chi connectivity index (χ2n) is 7.50. The van der Waals surface area contributed by atoms with Gasteiger partial charge < -0.3 is 0 Å². The molecule has 4 rings (SSSR count). The van der Waals surface area contributed by atoms with Crippen LogP contribution >= 0.6 is 0 Å². The Morgan fingerprint density at radius 3 is 2.70 bits per heavy atom. The molecule has 3 aromatic rings. The number of rotatable bonds is 4. The number of nitrogens with zero attached hydrogens (tertiary/aromatic N) is 4. The monoisotopic (exact) mass is 364 g/mol. The van der Waals surface area contributed by atoms with Crippen LogP contribution < -0.4 is 0 Å². The van der Waals surface area contributed by atoms with Crippen molar-refractivity contribution in [2.45, 2.75) is 44.4 Å². The van der Waals surface area contributed by atoms with E-state index in [1.54, 1.807) is 18.3 Å². The molecule has 2 atom stereocenters. The van der Waals surface area contributed by atoms with Crippen molar-refractivity contribution in [2.75, 3.05) is 0 Å². The number of benzene rings is 1. The zero-order valence-electron chi connectivity index (χ0n) is 15.7. The molecule has 0 aliphatic heterocycles. The van der Waals surface area contributed by atoms with Crippen molar-refractivity contribution in [1.82, 2.24) is 19.7 Å². The topological polar surface area (TPSA) is 43.6 Å². The van der Waals surface area contributed by atoms with Gasteiger partial charge in [-0.1, -0.05) is 25.3 Å². The molecule has 0 N–H and O–H groups in total. The Bertz CT molecular complexity index is 890. The van der Waals surface area contributed by atoms with Crippen molar-refractivity contribution in [3.8, 4) is 11.3 Å². The normalized spacial score (nSPS) is 20.4. The summed E-state index contributed by atoms with van der Waals surface area (Å²) in [4.78, 5) is 8.07. The summed E-state index contributed by atoms with van der Waals surface area (Å²) in [6, 6.07) is 9.46. The molecule has 1 fully saturated rings. The Morgan fingerprint density at radius 1 is 1.07 bits per heavy atom. The minimum atomic E-state index is -0.211. The molecule has 1 aliphatic carbocycles. The number of halogens is 1. The molecule has 1 aromatic carbocycles. The van der Waals surface area contributed by atoms with E-state index in [0.29, 0.717) is 23.1 Å². The number of aromatic nitrogens is 4. The molecule has 2 aromatic heterocycles. The van der Waals surface area contributed by atoms with E-state index in [1.807, 2.05) is 30.1 Å². The van der Waals surface area contributed by atoms with Gasteiger partial charge >= 0.3 is 0 Å². The number of hydrogen-bond donors (Lipinski definition) is 0. The molecule has 27 heavy (non-hydrogen) atoms. The first-order chi connectivity index (χ1) is 13.2. The number of aryl methyl sites for hydroxylation is 1. The predicted octanol–water partition coefficient (Wildman–Crippen LogP) is 4.92. The van der Waals surface area contributed by atoms with Crippen LogP contribution in [-0.2, 0) is 13.5 Å². The average Bonchev–Trinajstić information content (AvgIpc) is 2.97. The fraction of sp³-hybridized carbons (Fsp3) is 0.409. The van der Waals surface area contributed by atoms with E-state index in [9.17, 15) is 4.39 Å². The zero-order chi connectivity index (χ0) is 18.6. The molecule has 0 bridgehead atoms. The van der Waals surface area contributed by atoms with E-state index < -0.39 is 0 Å². The van der Waals surface area contributed by atoms with Crippen LogP contribution in [-0.4, -0.2) is 19.7 Å². The molecule has 4 nitrogen and oxygen atoms in total. The SMILES string of the molecule is Cn1nccc1C1CCCCCC1Cc1ccc(-c2ccncn2)c(F)c1. The van der Waals surface area contributed by atoms with Crippen LogP contribution in [0.25, 0.3) is 11.3 Å². The number of hydrogen-bond acceptors (Lipinski definition) is 3. The Labute approximate surface area is 159 Å². The van der Waals surface area contributed by atoms with Gasteiger partial charge in [0.1, 0.15) is 12.1 Å². The third-order valence-corrected chi connectivity index (χ3v) is 5.79. The maximum atomic E-state index is 14.7. The predicted molar refractivity (Wildman–Crippen MR) is 104 cm³/mol.